The molecule has 1 unspecified atom stereocenters. The summed E-state index contributed by atoms with van der Waals surface area (Å²) in [5.41, 5.74) is 0. The Morgan fingerprint density at radius 1 is 1.77 bits per heavy atom. The summed E-state index contributed by atoms with van der Waals surface area (Å²) in [5.74, 6) is 0.816. The molecule has 1 fully saturated rings. The number of nitrogens with one attached hydrogen (secondary N) is 1. The normalized spacial score (nSPS) is 18.2. The van der Waals surface area contributed by atoms with Gasteiger partial charge in [0.1, 0.15) is 5.00 Å². The lowest BCUT2D eigenvalue weighted by Crippen LogP contribution is -2.21. The lowest BCUT2D eigenvalue weighted by Gasteiger charge is -2.07. The molecule has 1 aromatic heterocycles. The first-order valence-corrected chi connectivity index (χ1v) is 5.13. The Morgan fingerprint density at radius 3 is 3.08 bits per heavy atom. The molecule has 1 N–H and O–H groups in total. The van der Waals surface area contributed by atoms with Crippen molar-refractivity contribution in [1.29, 1.82) is 0 Å². The second-order valence-corrected chi connectivity index (χ2v) is 4.18. The Labute approximate surface area is 80.5 Å². The molecule has 4 nitrogen and oxygen atoms in total. The highest BCUT2D eigenvalue weighted by Crippen LogP contribution is 2.37. The smallest absolute Gasteiger partial charge is 0.228 e. The van der Waals surface area contributed by atoms with Crippen molar-refractivity contribution in [3.63, 3.8) is 0 Å². The van der Waals surface area contributed by atoms with E-state index in [4.69, 9.17) is 0 Å². The number of amides is 1. The van der Waals surface area contributed by atoms with E-state index in [0.717, 1.165) is 5.00 Å². The first-order valence-electron chi connectivity index (χ1n) is 4.35. The maximum atomic E-state index is 11.5. The summed E-state index contributed by atoms with van der Waals surface area (Å²) in [5, 5.41) is 7.18. The SMILES string of the molecule is CC(C(=O)Nc1cnns1)C1CC1. The molecule has 0 spiro atoms. The molecule has 1 heterocycles. The van der Waals surface area contributed by atoms with Crippen molar-refractivity contribution in [2.24, 2.45) is 11.8 Å². The molecule has 1 aliphatic rings. The molecule has 1 amide bonds. The van der Waals surface area contributed by atoms with Gasteiger partial charge in [-0.25, -0.2) is 0 Å². The van der Waals surface area contributed by atoms with Crippen LogP contribution in [0.3, 0.4) is 0 Å². The van der Waals surface area contributed by atoms with Crippen molar-refractivity contribution in [3.05, 3.63) is 6.20 Å². The van der Waals surface area contributed by atoms with Gasteiger partial charge in [-0.1, -0.05) is 11.4 Å². The predicted molar refractivity (Wildman–Crippen MR) is 50.4 cm³/mol. The molecule has 0 aromatic carbocycles. The zero-order chi connectivity index (χ0) is 9.26. The zero-order valence-corrected chi connectivity index (χ0v) is 8.17. The number of carbonyl (C=O) groups is 1. The largest absolute Gasteiger partial charge is 0.315 e. The van der Waals surface area contributed by atoms with Gasteiger partial charge in [-0.2, -0.15) is 0 Å². The number of hydrogen-bond donors (Lipinski definition) is 1. The maximum Gasteiger partial charge on any atom is 0.228 e. The van der Waals surface area contributed by atoms with Gasteiger partial charge in [-0.05, 0) is 18.8 Å². The van der Waals surface area contributed by atoms with Gasteiger partial charge in [-0.15, -0.1) is 5.10 Å². The monoisotopic (exact) mass is 197 g/mol. The standard InChI is InChI=1S/C8H11N3OS/c1-5(6-2-3-6)8(12)10-7-4-9-11-13-7/h4-6H,2-3H2,1H3,(H,10,12). The summed E-state index contributed by atoms with van der Waals surface area (Å²) in [6.45, 7) is 1.97. The van der Waals surface area contributed by atoms with E-state index in [1.54, 1.807) is 6.20 Å². The fourth-order valence-corrected chi connectivity index (χ4v) is 1.69. The summed E-state index contributed by atoms with van der Waals surface area (Å²) in [6.07, 6.45) is 3.95. The van der Waals surface area contributed by atoms with Crippen molar-refractivity contribution >= 4 is 22.4 Å². The topological polar surface area (TPSA) is 54.9 Å². The van der Waals surface area contributed by atoms with Crippen molar-refractivity contribution < 1.29 is 4.79 Å². The molecule has 1 atom stereocenters. The van der Waals surface area contributed by atoms with E-state index < -0.39 is 0 Å². The number of nitrogens with zero attached hydrogens (tertiary/aromatic N) is 2. The van der Waals surface area contributed by atoms with Crippen LogP contribution < -0.4 is 5.32 Å². The summed E-state index contributed by atoms with van der Waals surface area (Å²) in [7, 11) is 0. The van der Waals surface area contributed by atoms with Crippen LogP contribution >= 0.6 is 11.5 Å². The van der Waals surface area contributed by atoms with Crippen LogP contribution in [-0.2, 0) is 4.79 Å². The van der Waals surface area contributed by atoms with Crippen LogP contribution in [0, 0.1) is 11.8 Å². The molecular weight excluding hydrogens is 186 g/mol. The molecule has 0 bridgehead atoms. The second-order valence-electron chi connectivity index (χ2n) is 3.40. The van der Waals surface area contributed by atoms with Gasteiger partial charge in [0.15, 0.2) is 0 Å². The minimum Gasteiger partial charge on any atom is -0.315 e. The number of rotatable bonds is 3. The van der Waals surface area contributed by atoms with Gasteiger partial charge in [0.2, 0.25) is 5.91 Å². The summed E-state index contributed by atoms with van der Waals surface area (Å²) in [4.78, 5) is 11.5. The average molecular weight is 197 g/mol. The van der Waals surface area contributed by atoms with Crippen molar-refractivity contribution in [2.45, 2.75) is 19.8 Å². The predicted octanol–water partition coefficient (Wildman–Crippen LogP) is 1.52. The van der Waals surface area contributed by atoms with Crippen molar-refractivity contribution in [1.82, 2.24) is 9.59 Å². The molecule has 13 heavy (non-hydrogen) atoms. The number of carbonyl (C=O) groups excluding carboxylic acids is 1. The molecule has 2 rings (SSSR count). The van der Waals surface area contributed by atoms with Crippen LogP contribution in [0.5, 0.6) is 0 Å². The first kappa shape index (κ1) is 8.62. The number of aromatic nitrogens is 2. The summed E-state index contributed by atoms with van der Waals surface area (Å²) < 4.78 is 3.67. The molecule has 0 saturated heterocycles. The first-order chi connectivity index (χ1) is 6.27. The van der Waals surface area contributed by atoms with Crippen LogP contribution in [0.1, 0.15) is 19.8 Å². The molecule has 1 saturated carbocycles. The molecule has 70 valence electrons. The summed E-state index contributed by atoms with van der Waals surface area (Å²) in [6, 6.07) is 0. The lowest BCUT2D eigenvalue weighted by atomic mass is 10.1. The van der Waals surface area contributed by atoms with Crippen LogP contribution in [0.15, 0.2) is 6.20 Å². The molecule has 5 heteroatoms. The van der Waals surface area contributed by atoms with E-state index in [1.807, 2.05) is 6.92 Å². The van der Waals surface area contributed by atoms with Crippen LogP contribution in [0.4, 0.5) is 5.00 Å². The van der Waals surface area contributed by atoms with E-state index in [1.165, 1.54) is 24.4 Å². The average Bonchev–Trinajstić information content (AvgIpc) is 2.85. The Kier molecular flexibility index (Phi) is 2.26. The van der Waals surface area contributed by atoms with Crippen LogP contribution in [-0.4, -0.2) is 15.5 Å². The quantitative estimate of drug-likeness (QED) is 0.799. The Hall–Kier alpha value is -0.970. The van der Waals surface area contributed by atoms with Crippen LogP contribution in [0.25, 0.3) is 0 Å². The van der Waals surface area contributed by atoms with Crippen molar-refractivity contribution in [2.75, 3.05) is 5.32 Å². The highest BCUT2D eigenvalue weighted by molar-refractivity contribution is 7.10. The molecule has 1 aromatic rings. The number of anilines is 1. The van der Waals surface area contributed by atoms with Gasteiger partial charge >= 0.3 is 0 Å². The molecule has 0 radical (unpaired) electrons. The lowest BCUT2D eigenvalue weighted by molar-refractivity contribution is -0.119. The molecule has 1 aliphatic carbocycles. The van der Waals surface area contributed by atoms with E-state index in [2.05, 4.69) is 14.9 Å². The summed E-state index contributed by atoms with van der Waals surface area (Å²) >= 11 is 1.21. The Balaban J connectivity index is 1.90. The number of hydrogen-bond acceptors (Lipinski definition) is 4. The Bertz CT molecular complexity index is 294. The van der Waals surface area contributed by atoms with Crippen molar-refractivity contribution in [3.8, 4) is 0 Å². The third kappa shape index (κ3) is 2.03. The molecular formula is C8H11N3OS. The molecule has 0 aliphatic heterocycles. The highest BCUT2D eigenvalue weighted by atomic mass is 32.1. The van der Waals surface area contributed by atoms with Crippen LogP contribution in [0.2, 0.25) is 0 Å². The van der Waals surface area contributed by atoms with Gasteiger partial charge in [0.05, 0.1) is 6.20 Å². The van der Waals surface area contributed by atoms with Gasteiger partial charge in [0, 0.05) is 17.5 Å². The highest BCUT2D eigenvalue weighted by Gasteiger charge is 2.32. The maximum absolute atomic E-state index is 11.5. The van der Waals surface area contributed by atoms with Gasteiger partial charge < -0.3 is 5.32 Å². The van der Waals surface area contributed by atoms with E-state index in [0.29, 0.717) is 5.92 Å². The van der Waals surface area contributed by atoms with Gasteiger partial charge in [0.25, 0.3) is 0 Å². The third-order valence-corrected chi connectivity index (χ3v) is 2.93. The Morgan fingerprint density at radius 2 is 2.54 bits per heavy atom. The fraction of sp³-hybridized carbons (Fsp3) is 0.625. The second kappa shape index (κ2) is 3.41. The fourth-order valence-electron chi connectivity index (χ4n) is 1.27. The van der Waals surface area contributed by atoms with E-state index >= 15 is 0 Å². The minimum atomic E-state index is 0.0913. The zero-order valence-electron chi connectivity index (χ0n) is 7.36. The van der Waals surface area contributed by atoms with E-state index in [9.17, 15) is 4.79 Å². The third-order valence-electron chi connectivity index (χ3n) is 2.35. The minimum absolute atomic E-state index is 0.0913. The van der Waals surface area contributed by atoms with Gasteiger partial charge in [-0.3, -0.25) is 4.79 Å². The van der Waals surface area contributed by atoms with E-state index in [-0.39, 0.29) is 11.8 Å².